The lowest BCUT2D eigenvalue weighted by atomic mass is 10.4. The van der Waals surface area contributed by atoms with E-state index in [2.05, 4.69) is 25.4 Å². The zero-order chi connectivity index (χ0) is 13.9. The Hall–Kier alpha value is -2.70. The smallest absolute Gasteiger partial charge is 0.255 e. The molecule has 0 amide bonds. The Morgan fingerprint density at radius 2 is 2.10 bits per heavy atom. The number of aromatic nitrogens is 5. The van der Waals surface area contributed by atoms with Crippen LogP contribution < -0.4 is 5.32 Å². The highest BCUT2D eigenvalue weighted by molar-refractivity contribution is 5.29. The van der Waals surface area contributed by atoms with Crippen LogP contribution in [0.3, 0.4) is 0 Å². The fraction of sp³-hybridized carbons (Fsp3) is 0.231. The topological polar surface area (TPSA) is 81.7 Å². The van der Waals surface area contributed by atoms with Crippen LogP contribution in [0.1, 0.15) is 17.3 Å². The van der Waals surface area contributed by atoms with Gasteiger partial charge < -0.3 is 9.73 Å². The Kier molecular flexibility index (Phi) is 3.16. The molecule has 0 saturated heterocycles. The van der Waals surface area contributed by atoms with E-state index in [-0.39, 0.29) is 0 Å². The number of hydrogen-bond acceptors (Lipinski definition) is 6. The van der Waals surface area contributed by atoms with E-state index >= 15 is 0 Å². The molecule has 0 aliphatic rings. The van der Waals surface area contributed by atoms with Gasteiger partial charge in [-0.2, -0.15) is 20.1 Å². The monoisotopic (exact) mass is 270 g/mol. The number of nitrogens with zero attached hydrogens (tertiary/aromatic N) is 5. The first kappa shape index (κ1) is 12.3. The molecule has 0 aliphatic heterocycles. The van der Waals surface area contributed by atoms with Crippen LogP contribution in [-0.2, 0) is 6.54 Å². The maximum atomic E-state index is 5.25. The summed E-state index contributed by atoms with van der Waals surface area (Å²) >= 11 is 0. The predicted octanol–water partition coefficient (Wildman–Crippen LogP) is 1.88. The Labute approximate surface area is 115 Å². The quantitative estimate of drug-likeness (QED) is 0.779. The first-order valence-electron chi connectivity index (χ1n) is 6.22. The van der Waals surface area contributed by atoms with Crippen molar-refractivity contribution in [2.24, 2.45) is 0 Å². The highest BCUT2D eigenvalue weighted by atomic mass is 16.3. The third-order valence-electron chi connectivity index (χ3n) is 2.66. The van der Waals surface area contributed by atoms with Gasteiger partial charge in [0.25, 0.3) is 5.95 Å². The average molecular weight is 270 g/mol. The number of nitrogens with one attached hydrogen (secondary N) is 1. The summed E-state index contributed by atoms with van der Waals surface area (Å²) in [7, 11) is 0. The third kappa shape index (κ3) is 2.66. The van der Waals surface area contributed by atoms with Crippen LogP contribution in [0.4, 0.5) is 5.95 Å². The SMILES string of the molecule is Cc1ccn(-c2nc(C)nc(NCc3ccco3)n2)n1. The molecule has 0 fully saturated rings. The molecular weight excluding hydrogens is 256 g/mol. The number of aryl methyl sites for hydroxylation is 2. The van der Waals surface area contributed by atoms with Gasteiger partial charge in [0, 0.05) is 6.20 Å². The number of furan rings is 1. The molecule has 102 valence electrons. The van der Waals surface area contributed by atoms with Crippen LogP contribution >= 0.6 is 0 Å². The molecule has 3 aromatic heterocycles. The normalized spacial score (nSPS) is 10.7. The zero-order valence-electron chi connectivity index (χ0n) is 11.2. The minimum absolute atomic E-state index is 0.493. The molecule has 3 aromatic rings. The molecule has 7 nitrogen and oxygen atoms in total. The summed E-state index contributed by atoms with van der Waals surface area (Å²) in [6.45, 7) is 4.26. The van der Waals surface area contributed by atoms with E-state index in [0.29, 0.717) is 24.3 Å². The van der Waals surface area contributed by atoms with Gasteiger partial charge >= 0.3 is 0 Å². The summed E-state index contributed by atoms with van der Waals surface area (Å²) in [4.78, 5) is 12.9. The summed E-state index contributed by atoms with van der Waals surface area (Å²) in [6, 6.07) is 5.63. The molecule has 0 saturated carbocycles. The standard InChI is InChI=1S/C13H14N6O/c1-9-5-6-19(18-9)13-16-10(2)15-12(17-13)14-8-11-4-3-7-20-11/h3-7H,8H2,1-2H3,(H,14,15,16,17). The second kappa shape index (κ2) is 5.12. The van der Waals surface area contributed by atoms with Crippen molar-refractivity contribution in [1.82, 2.24) is 24.7 Å². The van der Waals surface area contributed by atoms with Gasteiger partial charge in [0.1, 0.15) is 11.6 Å². The van der Waals surface area contributed by atoms with Gasteiger partial charge in [-0.1, -0.05) is 0 Å². The van der Waals surface area contributed by atoms with E-state index in [1.807, 2.05) is 38.2 Å². The lowest BCUT2D eigenvalue weighted by Crippen LogP contribution is -2.10. The van der Waals surface area contributed by atoms with E-state index in [4.69, 9.17) is 4.42 Å². The molecule has 0 bridgehead atoms. The third-order valence-corrected chi connectivity index (χ3v) is 2.66. The van der Waals surface area contributed by atoms with Gasteiger partial charge in [-0.3, -0.25) is 0 Å². The number of anilines is 1. The molecule has 1 N–H and O–H groups in total. The lowest BCUT2D eigenvalue weighted by molar-refractivity contribution is 0.517. The Balaban J connectivity index is 1.83. The van der Waals surface area contributed by atoms with Crippen molar-refractivity contribution in [3.8, 4) is 5.95 Å². The Morgan fingerprint density at radius 3 is 2.80 bits per heavy atom. The van der Waals surface area contributed by atoms with Crippen molar-refractivity contribution in [2.45, 2.75) is 20.4 Å². The lowest BCUT2D eigenvalue weighted by Gasteiger charge is -2.06. The number of rotatable bonds is 4. The van der Waals surface area contributed by atoms with Gasteiger partial charge in [0.15, 0.2) is 0 Å². The molecule has 0 radical (unpaired) electrons. The molecule has 3 rings (SSSR count). The van der Waals surface area contributed by atoms with Gasteiger partial charge in [0.05, 0.1) is 18.5 Å². The van der Waals surface area contributed by atoms with E-state index < -0.39 is 0 Å². The van der Waals surface area contributed by atoms with E-state index in [0.717, 1.165) is 11.5 Å². The van der Waals surface area contributed by atoms with E-state index in [1.165, 1.54) is 0 Å². The highest BCUT2D eigenvalue weighted by Gasteiger charge is 2.07. The largest absolute Gasteiger partial charge is 0.467 e. The molecule has 3 heterocycles. The fourth-order valence-electron chi connectivity index (χ4n) is 1.76. The van der Waals surface area contributed by atoms with Crippen LogP contribution in [0.25, 0.3) is 5.95 Å². The molecule has 0 aromatic carbocycles. The van der Waals surface area contributed by atoms with Crippen LogP contribution in [0.2, 0.25) is 0 Å². The van der Waals surface area contributed by atoms with Crippen molar-refractivity contribution in [2.75, 3.05) is 5.32 Å². The molecule has 0 unspecified atom stereocenters. The van der Waals surface area contributed by atoms with Gasteiger partial charge in [-0.25, -0.2) is 4.68 Å². The predicted molar refractivity (Wildman–Crippen MR) is 72.5 cm³/mol. The van der Waals surface area contributed by atoms with Crippen molar-refractivity contribution in [1.29, 1.82) is 0 Å². The summed E-state index contributed by atoms with van der Waals surface area (Å²) in [5, 5.41) is 7.40. The second-order valence-electron chi connectivity index (χ2n) is 4.34. The fourth-order valence-corrected chi connectivity index (χ4v) is 1.76. The van der Waals surface area contributed by atoms with Crippen LogP contribution in [0, 0.1) is 13.8 Å². The highest BCUT2D eigenvalue weighted by Crippen LogP contribution is 2.08. The van der Waals surface area contributed by atoms with E-state index in [9.17, 15) is 0 Å². The van der Waals surface area contributed by atoms with Crippen molar-refractivity contribution >= 4 is 5.95 Å². The van der Waals surface area contributed by atoms with Crippen LogP contribution in [-0.4, -0.2) is 24.7 Å². The number of hydrogen-bond donors (Lipinski definition) is 1. The maximum absolute atomic E-state index is 5.25. The first-order chi connectivity index (χ1) is 9.70. The Bertz CT molecular complexity index is 703. The molecule has 20 heavy (non-hydrogen) atoms. The summed E-state index contributed by atoms with van der Waals surface area (Å²) in [6.07, 6.45) is 3.45. The van der Waals surface area contributed by atoms with Crippen molar-refractivity contribution in [3.63, 3.8) is 0 Å². The molecular formula is C13H14N6O. The molecule has 0 aliphatic carbocycles. The zero-order valence-corrected chi connectivity index (χ0v) is 11.2. The molecule has 7 heteroatoms. The van der Waals surface area contributed by atoms with Crippen LogP contribution in [0.15, 0.2) is 35.1 Å². The summed E-state index contributed by atoms with van der Waals surface area (Å²) in [5.41, 5.74) is 0.910. The summed E-state index contributed by atoms with van der Waals surface area (Å²) < 4.78 is 6.88. The second-order valence-corrected chi connectivity index (χ2v) is 4.34. The maximum Gasteiger partial charge on any atom is 0.255 e. The van der Waals surface area contributed by atoms with Gasteiger partial charge in [-0.05, 0) is 32.0 Å². The minimum atomic E-state index is 0.493. The van der Waals surface area contributed by atoms with Crippen LogP contribution in [0.5, 0.6) is 0 Å². The molecule has 0 atom stereocenters. The first-order valence-corrected chi connectivity index (χ1v) is 6.22. The van der Waals surface area contributed by atoms with Gasteiger partial charge in [-0.15, -0.1) is 0 Å². The van der Waals surface area contributed by atoms with E-state index in [1.54, 1.807) is 10.9 Å². The summed E-state index contributed by atoms with van der Waals surface area (Å²) in [5.74, 6) is 2.44. The minimum Gasteiger partial charge on any atom is -0.467 e. The van der Waals surface area contributed by atoms with Crippen molar-refractivity contribution in [3.05, 3.63) is 47.9 Å². The average Bonchev–Trinajstić information content (AvgIpc) is 3.07. The Morgan fingerprint density at radius 1 is 1.20 bits per heavy atom. The van der Waals surface area contributed by atoms with Gasteiger partial charge in [0.2, 0.25) is 5.95 Å². The van der Waals surface area contributed by atoms with Crippen molar-refractivity contribution < 1.29 is 4.42 Å². The molecule has 0 spiro atoms.